The monoisotopic (exact) mass is 394 g/mol. The van der Waals surface area contributed by atoms with Crippen molar-refractivity contribution in [1.82, 2.24) is 4.98 Å². The summed E-state index contributed by atoms with van der Waals surface area (Å²) in [5.41, 5.74) is 4.27. The van der Waals surface area contributed by atoms with Crippen LogP contribution in [0.25, 0.3) is 0 Å². The van der Waals surface area contributed by atoms with Gasteiger partial charge in [-0.1, -0.05) is 12.1 Å². The Balaban J connectivity index is 1.92. The Hall–Kier alpha value is -3.30. The van der Waals surface area contributed by atoms with E-state index < -0.39 is 41.4 Å². The van der Waals surface area contributed by atoms with E-state index in [1.54, 1.807) is 0 Å². The summed E-state index contributed by atoms with van der Waals surface area (Å²) in [6, 6.07) is 6.42. The highest BCUT2D eigenvalue weighted by Crippen LogP contribution is 2.36. The Morgan fingerprint density at radius 1 is 1.29 bits per heavy atom. The fraction of sp³-hybridized carbons (Fsp3) is 0.278. The smallest absolute Gasteiger partial charge is 0.418 e. The van der Waals surface area contributed by atoms with E-state index in [9.17, 15) is 22.8 Å². The number of carbonyl (C=O) groups excluding carboxylic acids is 2. The van der Waals surface area contributed by atoms with Gasteiger partial charge in [0.25, 0.3) is 5.91 Å². The number of rotatable bonds is 3. The number of hydrogen-bond donors (Lipinski definition) is 2. The first kappa shape index (κ1) is 19.5. The quantitative estimate of drug-likeness (QED) is 0.834. The van der Waals surface area contributed by atoms with E-state index in [0.717, 1.165) is 17.0 Å². The number of nitrogens with two attached hydrogens (primary N) is 1. The summed E-state index contributed by atoms with van der Waals surface area (Å²) in [5, 5.41) is 2.24. The van der Waals surface area contributed by atoms with Gasteiger partial charge in [-0.2, -0.15) is 13.2 Å². The van der Waals surface area contributed by atoms with Crippen LogP contribution in [0.2, 0.25) is 0 Å². The lowest BCUT2D eigenvalue weighted by atomic mass is 10.1. The number of nitrogens with zero attached hydrogens (tertiary/aromatic N) is 2. The molecule has 7 nitrogen and oxygen atoms in total. The first-order valence-electron chi connectivity index (χ1n) is 8.33. The van der Waals surface area contributed by atoms with Crippen LogP contribution in [0.4, 0.5) is 30.5 Å². The SMILES string of the molecule is CC1Oc2ccc(N)nc2N(C(C)C(=O)Nc2ccccc2C(F)(F)F)C1=O. The lowest BCUT2D eigenvalue weighted by Gasteiger charge is -2.35. The molecule has 0 saturated heterocycles. The Kier molecular flexibility index (Phi) is 4.88. The Morgan fingerprint density at radius 3 is 2.64 bits per heavy atom. The van der Waals surface area contributed by atoms with Crippen molar-refractivity contribution in [3.63, 3.8) is 0 Å². The van der Waals surface area contributed by atoms with Crippen molar-refractivity contribution in [3.05, 3.63) is 42.0 Å². The standard InChI is InChI=1S/C18H17F3N4O3/c1-9(16(26)23-12-6-4-3-5-11(12)18(19,20)21)25-15-13(7-8-14(22)24-15)28-10(2)17(25)27/h3-10H,1-2H3,(H2,22,24)(H,23,26). The van der Waals surface area contributed by atoms with Crippen LogP contribution < -0.4 is 20.7 Å². The van der Waals surface area contributed by atoms with Gasteiger partial charge in [0.2, 0.25) is 5.91 Å². The second kappa shape index (κ2) is 7.02. The molecule has 1 aromatic heterocycles. The van der Waals surface area contributed by atoms with Gasteiger partial charge >= 0.3 is 6.18 Å². The number of pyridine rings is 1. The van der Waals surface area contributed by atoms with Gasteiger partial charge in [-0.25, -0.2) is 4.98 Å². The molecule has 0 aliphatic carbocycles. The number of benzene rings is 1. The lowest BCUT2D eigenvalue weighted by molar-refractivity contribution is -0.137. The molecule has 1 aromatic carbocycles. The molecule has 0 bridgehead atoms. The molecule has 0 radical (unpaired) electrons. The van der Waals surface area contributed by atoms with E-state index in [0.29, 0.717) is 0 Å². The molecule has 2 atom stereocenters. The van der Waals surface area contributed by atoms with Crippen molar-refractivity contribution in [1.29, 1.82) is 0 Å². The molecule has 2 amide bonds. The summed E-state index contributed by atoms with van der Waals surface area (Å²) in [6.07, 6.45) is -5.53. The van der Waals surface area contributed by atoms with E-state index in [2.05, 4.69) is 10.3 Å². The minimum Gasteiger partial charge on any atom is -0.477 e. The van der Waals surface area contributed by atoms with Gasteiger partial charge in [0.15, 0.2) is 17.7 Å². The molecule has 0 spiro atoms. The Labute approximate surface area is 158 Å². The van der Waals surface area contributed by atoms with Gasteiger partial charge < -0.3 is 15.8 Å². The number of para-hydroxylation sites is 1. The molecule has 0 fully saturated rings. The second-order valence-corrected chi connectivity index (χ2v) is 6.23. The summed E-state index contributed by atoms with van der Waals surface area (Å²) < 4.78 is 44.9. The topological polar surface area (TPSA) is 97.6 Å². The molecule has 2 heterocycles. The van der Waals surface area contributed by atoms with E-state index in [1.165, 1.54) is 38.1 Å². The zero-order chi connectivity index (χ0) is 20.6. The normalized spacial score (nSPS) is 17.5. The maximum absolute atomic E-state index is 13.2. The molecule has 3 rings (SSSR count). The van der Waals surface area contributed by atoms with Crippen molar-refractivity contribution in [3.8, 4) is 5.75 Å². The summed E-state index contributed by atoms with van der Waals surface area (Å²) >= 11 is 0. The molecule has 2 aromatic rings. The lowest BCUT2D eigenvalue weighted by Crippen LogP contribution is -2.53. The zero-order valence-corrected chi connectivity index (χ0v) is 14.9. The fourth-order valence-electron chi connectivity index (χ4n) is 2.82. The number of alkyl halides is 3. The average molecular weight is 394 g/mol. The number of fused-ring (bicyclic) bond motifs is 1. The van der Waals surface area contributed by atoms with Gasteiger partial charge in [0.1, 0.15) is 11.9 Å². The molecule has 148 valence electrons. The number of hydrogen-bond acceptors (Lipinski definition) is 5. The Bertz CT molecular complexity index is 933. The number of nitrogen functional groups attached to an aromatic ring is 1. The van der Waals surface area contributed by atoms with Crippen molar-refractivity contribution < 1.29 is 27.5 Å². The molecule has 0 saturated carbocycles. The molecule has 28 heavy (non-hydrogen) atoms. The van der Waals surface area contributed by atoms with Crippen LogP contribution in [-0.2, 0) is 15.8 Å². The van der Waals surface area contributed by atoms with Gasteiger partial charge in [0.05, 0.1) is 11.3 Å². The number of carbonyl (C=O) groups is 2. The fourth-order valence-corrected chi connectivity index (χ4v) is 2.82. The summed E-state index contributed by atoms with van der Waals surface area (Å²) in [7, 11) is 0. The third-order valence-corrected chi connectivity index (χ3v) is 4.24. The van der Waals surface area contributed by atoms with E-state index in [-0.39, 0.29) is 17.4 Å². The Morgan fingerprint density at radius 2 is 1.96 bits per heavy atom. The van der Waals surface area contributed by atoms with Gasteiger partial charge in [0, 0.05) is 0 Å². The third-order valence-electron chi connectivity index (χ3n) is 4.24. The highest BCUT2D eigenvalue weighted by atomic mass is 19.4. The summed E-state index contributed by atoms with van der Waals surface area (Å²) in [6.45, 7) is 2.88. The highest BCUT2D eigenvalue weighted by molar-refractivity contribution is 6.07. The van der Waals surface area contributed by atoms with E-state index in [4.69, 9.17) is 10.5 Å². The van der Waals surface area contributed by atoms with Crippen LogP contribution in [-0.4, -0.2) is 28.9 Å². The van der Waals surface area contributed by atoms with Gasteiger partial charge in [-0.05, 0) is 38.1 Å². The van der Waals surface area contributed by atoms with Crippen LogP contribution in [0.1, 0.15) is 19.4 Å². The molecule has 10 heteroatoms. The van der Waals surface area contributed by atoms with Crippen molar-refractivity contribution in [2.75, 3.05) is 16.0 Å². The second-order valence-electron chi connectivity index (χ2n) is 6.23. The van der Waals surface area contributed by atoms with Gasteiger partial charge in [-0.3, -0.25) is 14.5 Å². The maximum Gasteiger partial charge on any atom is 0.418 e. The molecule has 2 unspecified atom stereocenters. The largest absolute Gasteiger partial charge is 0.477 e. The highest BCUT2D eigenvalue weighted by Gasteiger charge is 2.39. The number of halogens is 3. The number of nitrogens with one attached hydrogen (secondary N) is 1. The van der Waals surface area contributed by atoms with Crippen LogP contribution in [0.15, 0.2) is 36.4 Å². The number of amides is 2. The molecule has 3 N–H and O–H groups in total. The number of anilines is 3. The number of ether oxygens (including phenoxy) is 1. The van der Waals surface area contributed by atoms with Crippen LogP contribution in [0.5, 0.6) is 5.75 Å². The molecule has 1 aliphatic rings. The molecule has 1 aliphatic heterocycles. The third kappa shape index (κ3) is 3.57. The van der Waals surface area contributed by atoms with Crippen LogP contribution >= 0.6 is 0 Å². The summed E-state index contributed by atoms with van der Waals surface area (Å²) in [4.78, 5) is 30.4. The minimum absolute atomic E-state index is 0.0369. The summed E-state index contributed by atoms with van der Waals surface area (Å²) in [5.74, 6) is -0.983. The van der Waals surface area contributed by atoms with Crippen LogP contribution in [0, 0.1) is 0 Å². The number of aromatic nitrogens is 1. The predicted molar refractivity (Wildman–Crippen MR) is 95.8 cm³/mol. The van der Waals surface area contributed by atoms with Crippen molar-refractivity contribution >= 4 is 29.1 Å². The van der Waals surface area contributed by atoms with Gasteiger partial charge in [-0.15, -0.1) is 0 Å². The predicted octanol–water partition coefficient (Wildman–Crippen LogP) is 2.82. The minimum atomic E-state index is -4.64. The van der Waals surface area contributed by atoms with Crippen LogP contribution in [0.3, 0.4) is 0 Å². The first-order chi connectivity index (χ1) is 13.1. The zero-order valence-electron chi connectivity index (χ0n) is 14.9. The molecular formula is C18H17F3N4O3. The average Bonchev–Trinajstić information content (AvgIpc) is 2.62. The van der Waals surface area contributed by atoms with Crippen molar-refractivity contribution in [2.24, 2.45) is 0 Å². The van der Waals surface area contributed by atoms with Crippen molar-refractivity contribution in [2.45, 2.75) is 32.2 Å². The maximum atomic E-state index is 13.2. The molecular weight excluding hydrogens is 377 g/mol. The van der Waals surface area contributed by atoms with E-state index in [1.807, 2.05) is 0 Å². The first-order valence-corrected chi connectivity index (χ1v) is 8.33. The van der Waals surface area contributed by atoms with E-state index >= 15 is 0 Å².